The molecule has 214 valence electrons. The van der Waals surface area contributed by atoms with Crippen LogP contribution in [0.5, 0.6) is 5.75 Å². The third-order valence-corrected chi connectivity index (χ3v) is 6.69. The Kier molecular flexibility index (Phi) is 9.07. The Morgan fingerprint density at radius 3 is 2.37 bits per heavy atom. The Morgan fingerprint density at radius 1 is 1.00 bits per heavy atom. The molecule has 0 saturated carbocycles. The highest BCUT2D eigenvalue weighted by atomic mass is 16.5. The molecule has 3 atom stereocenters. The fraction of sp³-hybridized carbons (Fsp3) is 0.321. The minimum Gasteiger partial charge on any atom is -0.481 e. The van der Waals surface area contributed by atoms with Gasteiger partial charge in [-0.25, -0.2) is 9.80 Å². The Balaban J connectivity index is 1.45. The van der Waals surface area contributed by atoms with Crippen molar-refractivity contribution in [1.29, 1.82) is 0 Å². The van der Waals surface area contributed by atoms with E-state index in [-0.39, 0.29) is 37.1 Å². The molecule has 13 nitrogen and oxygen atoms in total. The van der Waals surface area contributed by atoms with Crippen LogP contribution >= 0.6 is 0 Å². The van der Waals surface area contributed by atoms with Crippen LogP contribution in [-0.4, -0.2) is 81.6 Å². The van der Waals surface area contributed by atoms with Gasteiger partial charge in [0.25, 0.3) is 11.8 Å². The number of aldehydes is 1. The molecule has 2 fully saturated rings. The number of rotatable bonds is 9. The van der Waals surface area contributed by atoms with E-state index in [1.165, 1.54) is 29.3 Å². The van der Waals surface area contributed by atoms with Crippen LogP contribution in [0.2, 0.25) is 0 Å². The molecule has 2 aromatic carbocycles. The van der Waals surface area contributed by atoms with Gasteiger partial charge in [-0.15, -0.1) is 0 Å². The summed E-state index contributed by atoms with van der Waals surface area (Å²) in [5, 5.41) is 16.1. The largest absolute Gasteiger partial charge is 0.481 e. The van der Waals surface area contributed by atoms with Crippen LogP contribution in [0.1, 0.15) is 52.8 Å². The highest BCUT2D eigenvalue weighted by Crippen LogP contribution is 2.25. The molecule has 2 saturated heterocycles. The van der Waals surface area contributed by atoms with Crippen molar-refractivity contribution in [2.75, 3.05) is 6.54 Å². The van der Waals surface area contributed by atoms with E-state index in [0.29, 0.717) is 18.3 Å². The summed E-state index contributed by atoms with van der Waals surface area (Å²) in [6, 6.07) is 10.5. The topological polar surface area (TPSA) is 179 Å². The number of ether oxygens (including phenoxy) is 1. The summed E-state index contributed by atoms with van der Waals surface area (Å²) in [6.45, 7) is 0.185. The number of benzene rings is 2. The van der Waals surface area contributed by atoms with Crippen molar-refractivity contribution in [3.05, 3.63) is 65.7 Å². The number of hydrazine groups is 1. The average molecular weight is 565 g/mol. The SMILES string of the molecule is O=CC(CC(=O)O)NC(=O)C1CCCN2C(=O)CCC(NC(=O)c3ccc(OC(=O)c4ccccc4)cc3)C(=O)N12. The second kappa shape index (κ2) is 12.9. The number of carboxylic acid groups (broad SMARTS) is 1. The maximum atomic E-state index is 13.6. The Morgan fingerprint density at radius 2 is 1.71 bits per heavy atom. The molecule has 2 aliphatic heterocycles. The fourth-order valence-corrected chi connectivity index (χ4v) is 4.66. The van der Waals surface area contributed by atoms with E-state index in [9.17, 15) is 33.6 Å². The molecule has 0 radical (unpaired) electrons. The number of hydrogen-bond acceptors (Lipinski definition) is 8. The third kappa shape index (κ3) is 6.93. The van der Waals surface area contributed by atoms with Crippen LogP contribution in [0.15, 0.2) is 54.6 Å². The highest BCUT2D eigenvalue weighted by Gasteiger charge is 2.45. The van der Waals surface area contributed by atoms with E-state index < -0.39 is 60.1 Å². The zero-order valence-corrected chi connectivity index (χ0v) is 21.9. The van der Waals surface area contributed by atoms with Gasteiger partial charge in [0, 0.05) is 18.5 Å². The third-order valence-electron chi connectivity index (χ3n) is 6.69. The van der Waals surface area contributed by atoms with Crippen molar-refractivity contribution < 1.29 is 43.4 Å². The maximum absolute atomic E-state index is 13.6. The van der Waals surface area contributed by atoms with Gasteiger partial charge in [0.05, 0.1) is 18.0 Å². The molecule has 3 N–H and O–H groups in total. The number of carbonyl (C=O) groups excluding carboxylic acids is 6. The van der Waals surface area contributed by atoms with E-state index in [0.717, 1.165) is 5.01 Å². The first kappa shape index (κ1) is 28.9. The molecule has 41 heavy (non-hydrogen) atoms. The van der Waals surface area contributed by atoms with E-state index in [4.69, 9.17) is 9.84 Å². The first-order chi connectivity index (χ1) is 19.7. The van der Waals surface area contributed by atoms with Crippen molar-refractivity contribution in [1.82, 2.24) is 20.7 Å². The van der Waals surface area contributed by atoms with Gasteiger partial charge in [-0.3, -0.25) is 29.0 Å². The molecular formula is C28H28N4O9. The van der Waals surface area contributed by atoms with E-state index in [1.54, 1.807) is 30.3 Å². The van der Waals surface area contributed by atoms with E-state index in [1.807, 2.05) is 0 Å². The van der Waals surface area contributed by atoms with Crippen LogP contribution in [0, 0.1) is 0 Å². The van der Waals surface area contributed by atoms with Gasteiger partial charge < -0.3 is 25.3 Å². The second-order valence-electron chi connectivity index (χ2n) is 9.55. The lowest BCUT2D eigenvalue weighted by Gasteiger charge is -2.43. The Labute approximate surface area is 234 Å². The van der Waals surface area contributed by atoms with Crippen LogP contribution in [-0.2, 0) is 24.0 Å². The molecule has 0 spiro atoms. The molecule has 2 aromatic rings. The molecular weight excluding hydrogens is 536 g/mol. The number of amides is 4. The van der Waals surface area contributed by atoms with Gasteiger partial charge in [-0.05, 0) is 55.7 Å². The molecule has 4 amide bonds. The predicted molar refractivity (Wildman–Crippen MR) is 140 cm³/mol. The number of carboxylic acids is 1. The molecule has 2 aliphatic rings. The minimum atomic E-state index is -1.31. The van der Waals surface area contributed by atoms with Crippen molar-refractivity contribution in [2.24, 2.45) is 0 Å². The lowest BCUT2D eigenvalue weighted by molar-refractivity contribution is -0.176. The number of nitrogens with zero attached hydrogens (tertiary/aromatic N) is 2. The number of esters is 1. The predicted octanol–water partition coefficient (Wildman–Crippen LogP) is 0.691. The Hall–Kier alpha value is -5.07. The van der Waals surface area contributed by atoms with Crippen LogP contribution < -0.4 is 15.4 Å². The van der Waals surface area contributed by atoms with Crippen LogP contribution in [0.4, 0.5) is 0 Å². The van der Waals surface area contributed by atoms with Crippen molar-refractivity contribution in [3.63, 3.8) is 0 Å². The lowest BCUT2D eigenvalue weighted by atomic mass is 10.0. The number of fused-ring (bicyclic) bond motifs is 1. The smallest absolute Gasteiger partial charge is 0.343 e. The molecule has 0 aromatic heterocycles. The van der Waals surface area contributed by atoms with Crippen molar-refractivity contribution >= 4 is 41.9 Å². The lowest BCUT2D eigenvalue weighted by Crippen LogP contribution is -2.64. The zero-order valence-electron chi connectivity index (χ0n) is 21.9. The van der Waals surface area contributed by atoms with Gasteiger partial charge in [0.1, 0.15) is 24.1 Å². The minimum absolute atomic E-state index is 0.00645. The monoisotopic (exact) mass is 564 g/mol. The maximum Gasteiger partial charge on any atom is 0.343 e. The van der Waals surface area contributed by atoms with Crippen LogP contribution in [0.25, 0.3) is 0 Å². The van der Waals surface area contributed by atoms with E-state index >= 15 is 0 Å². The first-order valence-electron chi connectivity index (χ1n) is 13.0. The van der Waals surface area contributed by atoms with Gasteiger partial charge >= 0.3 is 11.9 Å². The summed E-state index contributed by atoms with van der Waals surface area (Å²) in [4.78, 5) is 86.9. The van der Waals surface area contributed by atoms with Gasteiger partial charge in [0.15, 0.2) is 0 Å². The Bertz CT molecular complexity index is 1350. The van der Waals surface area contributed by atoms with Crippen molar-refractivity contribution in [3.8, 4) is 5.75 Å². The molecule has 0 aliphatic carbocycles. The molecule has 13 heteroatoms. The molecule has 4 rings (SSSR count). The summed E-state index contributed by atoms with van der Waals surface area (Å²) in [6.07, 6.45) is 0.153. The second-order valence-corrected chi connectivity index (χ2v) is 9.55. The van der Waals surface area contributed by atoms with Gasteiger partial charge in [-0.2, -0.15) is 0 Å². The quantitative estimate of drug-likeness (QED) is 0.224. The first-order valence-corrected chi connectivity index (χ1v) is 13.0. The number of carbonyl (C=O) groups is 7. The average Bonchev–Trinajstić information content (AvgIpc) is 3.09. The number of nitrogens with one attached hydrogen (secondary N) is 2. The number of aliphatic carboxylic acids is 1. The normalized spacial score (nSPS) is 19.3. The zero-order chi connectivity index (χ0) is 29.5. The van der Waals surface area contributed by atoms with Crippen molar-refractivity contribution in [2.45, 2.75) is 50.2 Å². The summed E-state index contributed by atoms with van der Waals surface area (Å²) in [5.41, 5.74) is 0.526. The van der Waals surface area contributed by atoms with Gasteiger partial charge in [-0.1, -0.05) is 18.2 Å². The highest BCUT2D eigenvalue weighted by molar-refractivity contribution is 6.00. The number of hydrogen-bond donors (Lipinski definition) is 3. The summed E-state index contributed by atoms with van der Waals surface area (Å²) < 4.78 is 5.31. The molecule has 2 heterocycles. The van der Waals surface area contributed by atoms with Crippen LogP contribution in [0.3, 0.4) is 0 Å². The van der Waals surface area contributed by atoms with Gasteiger partial charge in [0.2, 0.25) is 11.8 Å². The molecule has 0 bridgehead atoms. The molecule has 3 unspecified atom stereocenters. The van der Waals surface area contributed by atoms with E-state index in [2.05, 4.69) is 10.6 Å². The summed E-state index contributed by atoms with van der Waals surface area (Å²) in [5.74, 6) is -4.14. The fourth-order valence-electron chi connectivity index (χ4n) is 4.66. The summed E-state index contributed by atoms with van der Waals surface area (Å²) in [7, 11) is 0. The summed E-state index contributed by atoms with van der Waals surface area (Å²) >= 11 is 0. The standard InChI is InChI=1S/C28H28N4O9/c33-16-19(15-24(35)36)29-26(38)22-7-4-14-31-23(34)13-12-21(27(39)32(22)31)30-25(37)17-8-10-20(11-9-17)41-28(40)18-5-2-1-3-6-18/h1-3,5-6,8-11,16,19,21-22H,4,7,12-15H2,(H,29,38)(H,30,37)(H,35,36).